The Morgan fingerprint density at radius 2 is 1.59 bits per heavy atom. The SMILES string of the molecule is COC(=O)c1ccc(C(=O)OC)c(NC(=O)C(=O)N2C(C)CCCC2C)c1. The van der Waals surface area contributed by atoms with Crippen LogP contribution in [0.3, 0.4) is 0 Å². The first-order valence-electron chi connectivity index (χ1n) is 8.74. The third-order valence-corrected chi connectivity index (χ3v) is 4.72. The van der Waals surface area contributed by atoms with Crippen LogP contribution in [0.2, 0.25) is 0 Å². The van der Waals surface area contributed by atoms with Crippen molar-refractivity contribution in [2.75, 3.05) is 19.5 Å². The standard InChI is InChI=1S/C19H24N2O6/c1-11-6-5-7-12(2)21(11)17(23)16(22)20-15-10-13(18(24)26-3)8-9-14(15)19(25)27-4/h8-12H,5-7H2,1-4H3,(H,20,22). The Morgan fingerprint density at radius 3 is 2.15 bits per heavy atom. The fourth-order valence-corrected chi connectivity index (χ4v) is 3.30. The minimum atomic E-state index is -0.872. The van der Waals surface area contributed by atoms with Gasteiger partial charge in [-0.25, -0.2) is 9.59 Å². The summed E-state index contributed by atoms with van der Waals surface area (Å²) in [5.74, 6) is -2.88. The molecule has 1 aromatic rings. The molecule has 2 rings (SSSR count). The average Bonchev–Trinajstić information content (AvgIpc) is 2.66. The summed E-state index contributed by atoms with van der Waals surface area (Å²) >= 11 is 0. The Morgan fingerprint density at radius 1 is 1.00 bits per heavy atom. The van der Waals surface area contributed by atoms with Crippen LogP contribution >= 0.6 is 0 Å². The fraction of sp³-hybridized carbons (Fsp3) is 0.474. The number of anilines is 1. The first-order valence-corrected chi connectivity index (χ1v) is 8.74. The first kappa shape index (κ1) is 20.4. The van der Waals surface area contributed by atoms with Crippen LogP contribution < -0.4 is 5.32 Å². The zero-order chi connectivity index (χ0) is 20.1. The molecule has 2 atom stereocenters. The van der Waals surface area contributed by atoms with Crippen molar-refractivity contribution in [3.05, 3.63) is 29.3 Å². The Kier molecular flexibility index (Phi) is 6.55. The number of ether oxygens (including phenoxy) is 2. The maximum Gasteiger partial charge on any atom is 0.339 e. The highest BCUT2D eigenvalue weighted by Gasteiger charge is 2.33. The number of hydrogen-bond donors (Lipinski definition) is 1. The predicted molar refractivity (Wildman–Crippen MR) is 97.4 cm³/mol. The Labute approximate surface area is 157 Å². The molecule has 0 bridgehead atoms. The van der Waals surface area contributed by atoms with E-state index in [-0.39, 0.29) is 28.9 Å². The van der Waals surface area contributed by atoms with Crippen molar-refractivity contribution in [3.8, 4) is 0 Å². The van der Waals surface area contributed by atoms with E-state index in [0.29, 0.717) is 0 Å². The second kappa shape index (κ2) is 8.66. The van der Waals surface area contributed by atoms with Gasteiger partial charge in [0.15, 0.2) is 0 Å². The van der Waals surface area contributed by atoms with E-state index in [1.165, 1.54) is 32.4 Å². The maximum atomic E-state index is 12.7. The monoisotopic (exact) mass is 376 g/mol. The van der Waals surface area contributed by atoms with E-state index in [4.69, 9.17) is 4.74 Å². The Balaban J connectivity index is 2.30. The number of esters is 2. The summed E-state index contributed by atoms with van der Waals surface area (Å²) < 4.78 is 9.35. The third kappa shape index (κ3) is 4.45. The number of benzene rings is 1. The molecule has 1 aliphatic rings. The van der Waals surface area contributed by atoms with Gasteiger partial charge in [-0.1, -0.05) is 0 Å². The lowest BCUT2D eigenvalue weighted by atomic mass is 9.97. The molecular formula is C19H24N2O6. The van der Waals surface area contributed by atoms with Gasteiger partial charge in [-0.3, -0.25) is 9.59 Å². The lowest BCUT2D eigenvalue weighted by molar-refractivity contribution is -0.147. The van der Waals surface area contributed by atoms with Gasteiger partial charge in [-0.2, -0.15) is 0 Å². The van der Waals surface area contributed by atoms with Gasteiger partial charge in [0.25, 0.3) is 0 Å². The zero-order valence-corrected chi connectivity index (χ0v) is 15.9. The Bertz CT molecular complexity index is 751. The second-order valence-electron chi connectivity index (χ2n) is 6.54. The van der Waals surface area contributed by atoms with Gasteiger partial charge in [-0.05, 0) is 51.3 Å². The average molecular weight is 376 g/mol. The number of hydrogen-bond acceptors (Lipinski definition) is 6. The number of amides is 2. The van der Waals surface area contributed by atoms with Crippen LogP contribution in [-0.2, 0) is 19.1 Å². The van der Waals surface area contributed by atoms with Gasteiger partial charge in [-0.15, -0.1) is 0 Å². The molecule has 1 aromatic carbocycles. The topological polar surface area (TPSA) is 102 Å². The molecule has 0 radical (unpaired) electrons. The molecule has 8 heteroatoms. The van der Waals surface area contributed by atoms with Gasteiger partial charge in [0.05, 0.1) is 31.0 Å². The van der Waals surface area contributed by atoms with Crippen molar-refractivity contribution in [3.63, 3.8) is 0 Å². The van der Waals surface area contributed by atoms with Crippen LogP contribution in [0.5, 0.6) is 0 Å². The first-order chi connectivity index (χ1) is 12.8. The molecule has 1 N–H and O–H groups in total. The summed E-state index contributed by atoms with van der Waals surface area (Å²) in [5, 5.41) is 2.44. The number of carbonyl (C=O) groups is 4. The lowest BCUT2D eigenvalue weighted by Gasteiger charge is -2.38. The highest BCUT2D eigenvalue weighted by molar-refractivity contribution is 6.40. The lowest BCUT2D eigenvalue weighted by Crippen LogP contribution is -2.51. The minimum absolute atomic E-state index is 0.0143. The summed E-state index contributed by atoms with van der Waals surface area (Å²) in [6.07, 6.45) is 2.66. The van der Waals surface area contributed by atoms with Gasteiger partial charge < -0.3 is 19.7 Å². The zero-order valence-electron chi connectivity index (χ0n) is 15.9. The van der Waals surface area contributed by atoms with E-state index >= 15 is 0 Å². The quantitative estimate of drug-likeness (QED) is 0.639. The minimum Gasteiger partial charge on any atom is -0.465 e. The maximum absolute atomic E-state index is 12.7. The third-order valence-electron chi connectivity index (χ3n) is 4.72. The van der Waals surface area contributed by atoms with Crippen molar-refractivity contribution in [1.29, 1.82) is 0 Å². The van der Waals surface area contributed by atoms with E-state index in [1.54, 1.807) is 4.90 Å². The summed E-state index contributed by atoms with van der Waals surface area (Å²) in [5.41, 5.74) is 0.180. The molecule has 1 heterocycles. The summed E-state index contributed by atoms with van der Waals surface area (Å²) in [7, 11) is 2.42. The molecule has 8 nitrogen and oxygen atoms in total. The van der Waals surface area contributed by atoms with Gasteiger partial charge in [0.2, 0.25) is 0 Å². The molecule has 1 aliphatic heterocycles. The smallest absolute Gasteiger partial charge is 0.339 e. The van der Waals surface area contributed by atoms with Crippen LogP contribution in [0.15, 0.2) is 18.2 Å². The van der Waals surface area contributed by atoms with Crippen molar-refractivity contribution in [1.82, 2.24) is 4.90 Å². The number of nitrogens with zero attached hydrogens (tertiary/aromatic N) is 1. The molecule has 1 fully saturated rings. The van der Waals surface area contributed by atoms with Crippen LogP contribution in [0, 0.1) is 0 Å². The summed E-state index contributed by atoms with van der Waals surface area (Å²) in [6, 6.07) is 3.91. The Hall–Kier alpha value is -2.90. The second-order valence-corrected chi connectivity index (χ2v) is 6.54. The van der Waals surface area contributed by atoms with E-state index in [2.05, 4.69) is 10.1 Å². The molecule has 2 amide bonds. The van der Waals surface area contributed by atoms with E-state index in [9.17, 15) is 19.2 Å². The van der Waals surface area contributed by atoms with Crippen molar-refractivity contribution < 1.29 is 28.7 Å². The number of likely N-dealkylation sites (tertiary alicyclic amines) is 1. The molecule has 2 unspecified atom stereocenters. The number of nitrogens with one attached hydrogen (secondary N) is 1. The molecule has 1 saturated heterocycles. The van der Waals surface area contributed by atoms with Gasteiger partial charge in [0, 0.05) is 12.1 Å². The normalized spacial score (nSPS) is 19.2. The van der Waals surface area contributed by atoms with Gasteiger partial charge in [0.1, 0.15) is 0 Å². The van der Waals surface area contributed by atoms with E-state index < -0.39 is 23.8 Å². The number of carbonyl (C=O) groups excluding carboxylic acids is 4. The van der Waals surface area contributed by atoms with Gasteiger partial charge >= 0.3 is 23.8 Å². The van der Waals surface area contributed by atoms with Crippen LogP contribution in [0.1, 0.15) is 53.8 Å². The fourth-order valence-electron chi connectivity index (χ4n) is 3.30. The van der Waals surface area contributed by atoms with E-state index in [1.807, 2.05) is 13.8 Å². The molecule has 0 saturated carbocycles. The molecule has 0 aliphatic carbocycles. The summed E-state index contributed by atoms with van der Waals surface area (Å²) in [6.45, 7) is 3.80. The predicted octanol–water partition coefficient (Wildman–Crippen LogP) is 1.99. The number of rotatable bonds is 3. The molecule has 27 heavy (non-hydrogen) atoms. The summed E-state index contributed by atoms with van der Waals surface area (Å²) in [4.78, 5) is 50.5. The van der Waals surface area contributed by atoms with Crippen molar-refractivity contribution >= 4 is 29.4 Å². The number of piperidine rings is 1. The van der Waals surface area contributed by atoms with Crippen LogP contribution in [-0.4, -0.2) is 55.0 Å². The molecular weight excluding hydrogens is 352 g/mol. The molecule has 0 spiro atoms. The molecule has 0 aromatic heterocycles. The van der Waals surface area contributed by atoms with Crippen molar-refractivity contribution in [2.45, 2.75) is 45.2 Å². The van der Waals surface area contributed by atoms with Crippen LogP contribution in [0.4, 0.5) is 5.69 Å². The molecule has 146 valence electrons. The number of methoxy groups -OCH3 is 2. The van der Waals surface area contributed by atoms with E-state index in [0.717, 1.165) is 19.3 Å². The largest absolute Gasteiger partial charge is 0.465 e. The highest BCUT2D eigenvalue weighted by Crippen LogP contribution is 2.24. The van der Waals surface area contributed by atoms with Crippen LogP contribution in [0.25, 0.3) is 0 Å². The highest BCUT2D eigenvalue weighted by atomic mass is 16.5. The van der Waals surface area contributed by atoms with Crippen molar-refractivity contribution in [2.24, 2.45) is 0 Å².